The highest BCUT2D eigenvalue weighted by Gasteiger charge is 2.24. The first-order valence-electron chi connectivity index (χ1n) is 9.14. The van der Waals surface area contributed by atoms with Crippen molar-refractivity contribution >= 4 is 11.6 Å². The fraction of sp³-hybridized carbons (Fsp3) is 0.500. The van der Waals surface area contributed by atoms with E-state index in [1.54, 1.807) is 0 Å². The van der Waals surface area contributed by atoms with Gasteiger partial charge in [-0.2, -0.15) is 5.10 Å². The number of carbonyl (C=O) groups is 1. The molecule has 0 radical (unpaired) electrons. The van der Waals surface area contributed by atoms with E-state index < -0.39 is 0 Å². The number of benzene rings is 1. The van der Waals surface area contributed by atoms with Gasteiger partial charge < -0.3 is 10.1 Å². The first kappa shape index (κ1) is 18.6. The molecular weight excluding hydrogens is 328 g/mol. The molecule has 1 aromatic heterocycles. The highest BCUT2D eigenvalue weighted by atomic mass is 16.5. The molecule has 2 heterocycles. The standard InChI is InChI=1S/C20H28N4O2/c1-13-6-8-18(9-7-13)24-17(5)20(16(4)22-24)21-19(25)12-23-10-14(2)26-15(3)11-23/h6-9,14-15H,10-12H2,1-5H3,(H,21,25)/t14-,15+. The Labute approximate surface area is 155 Å². The summed E-state index contributed by atoms with van der Waals surface area (Å²) in [5, 5.41) is 7.65. The van der Waals surface area contributed by atoms with Crippen LogP contribution in [-0.2, 0) is 9.53 Å². The highest BCUT2D eigenvalue weighted by molar-refractivity contribution is 5.93. The Morgan fingerprint density at radius 3 is 2.38 bits per heavy atom. The van der Waals surface area contributed by atoms with Crippen molar-refractivity contribution in [3.05, 3.63) is 41.2 Å². The third-order valence-corrected chi connectivity index (χ3v) is 4.70. The fourth-order valence-electron chi connectivity index (χ4n) is 3.56. The molecule has 1 aliphatic heterocycles. The number of aryl methyl sites for hydroxylation is 2. The van der Waals surface area contributed by atoms with Gasteiger partial charge in [-0.25, -0.2) is 4.68 Å². The van der Waals surface area contributed by atoms with Gasteiger partial charge in [0, 0.05) is 13.1 Å². The Balaban J connectivity index is 1.71. The zero-order valence-corrected chi connectivity index (χ0v) is 16.2. The topological polar surface area (TPSA) is 59.4 Å². The summed E-state index contributed by atoms with van der Waals surface area (Å²) in [4.78, 5) is 14.7. The summed E-state index contributed by atoms with van der Waals surface area (Å²) < 4.78 is 7.61. The Kier molecular flexibility index (Phi) is 5.44. The van der Waals surface area contributed by atoms with Gasteiger partial charge in [0.2, 0.25) is 5.91 Å². The number of nitrogens with zero attached hydrogens (tertiary/aromatic N) is 3. The average molecular weight is 356 g/mol. The van der Waals surface area contributed by atoms with Crippen molar-refractivity contribution in [2.75, 3.05) is 25.0 Å². The number of hydrogen-bond donors (Lipinski definition) is 1. The van der Waals surface area contributed by atoms with E-state index in [1.807, 2.05) is 44.5 Å². The number of morpholine rings is 1. The minimum absolute atomic E-state index is 0.0130. The molecule has 1 N–H and O–H groups in total. The summed E-state index contributed by atoms with van der Waals surface area (Å²) in [5.74, 6) is -0.0130. The van der Waals surface area contributed by atoms with E-state index in [2.05, 4.69) is 34.4 Å². The molecule has 1 fully saturated rings. The highest BCUT2D eigenvalue weighted by Crippen LogP contribution is 2.23. The van der Waals surface area contributed by atoms with E-state index >= 15 is 0 Å². The second-order valence-corrected chi connectivity index (χ2v) is 7.29. The van der Waals surface area contributed by atoms with Crippen LogP contribution in [0.2, 0.25) is 0 Å². The van der Waals surface area contributed by atoms with Crippen LogP contribution in [-0.4, -0.2) is 52.4 Å². The molecule has 1 aromatic carbocycles. The molecule has 6 heteroatoms. The molecule has 1 aliphatic rings. The number of anilines is 1. The number of carbonyl (C=O) groups excluding carboxylic acids is 1. The molecular formula is C20H28N4O2. The number of rotatable bonds is 4. The van der Waals surface area contributed by atoms with Crippen LogP contribution in [0.15, 0.2) is 24.3 Å². The largest absolute Gasteiger partial charge is 0.373 e. The van der Waals surface area contributed by atoms with Crippen LogP contribution in [0.25, 0.3) is 5.69 Å². The summed E-state index contributed by atoms with van der Waals surface area (Å²) in [7, 11) is 0. The third kappa shape index (κ3) is 4.14. The van der Waals surface area contributed by atoms with Crippen molar-refractivity contribution in [2.45, 2.75) is 46.8 Å². The third-order valence-electron chi connectivity index (χ3n) is 4.70. The molecule has 1 saturated heterocycles. The smallest absolute Gasteiger partial charge is 0.238 e. The normalized spacial score (nSPS) is 21.0. The molecule has 0 bridgehead atoms. The summed E-state index contributed by atoms with van der Waals surface area (Å²) in [5.41, 5.74) is 4.75. The van der Waals surface area contributed by atoms with Crippen molar-refractivity contribution in [1.82, 2.24) is 14.7 Å². The molecule has 0 spiro atoms. The lowest BCUT2D eigenvalue weighted by Crippen LogP contribution is -2.48. The second-order valence-electron chi connectivity index (χ2n) is 7.29. The van der Waals surface area contributed by atoms with E-state index in [4.69, 9.17) is 4.74 Å². The van der Waals surface area contributed by atoms with E-state index in [1.165, 1.54) is 5.56 Å². The van der Waals surface area contributed by atoms with Gasteiger partial charge in [0.1, 0.15) is 0 Å². The molecule has 1 amide bonds. The lowest BCUT2D eigenvalue weighted by Gasteiger charge is -2.34. The van der Waals surface area contributed by atoms with Crippen molar-refractivity contribution in [2.24, 2.45) is 0 Å². The first-order valence-corrected chi connectivity index (χ1v) is 9.14. The predicted molar refractivity (Wildman–Crippen MR) is 103 cm³/mol. The molecule has 6 nitrogen and oxygen atoms in total. The number of aromatic nitrogens is 2. The lowest BCUT2D eigenvalue weighted by molar-refractivity contribution is -0.121. The van der Waals surface area contributed by atoms with Crippen LogP contribution < -0.4 is 5.32 Å². The average Bonchev–Trinajstić information content (AvgIpc) is 2.83. The first-order chi connectivity index (χ1) is 12.3. The molecule has 26 heavy (non-hydrogen) atoms. The Morgan fingerprint density at radius 1 is 1.15 bits per heavy atom. The van der Waals surface area contributed by atoms with Crippen molar-refractivity contribution in [3.63, 3.8) is 0 Å². The van der Waals surface area contributed by atoms with E-state index in [0.717, 1.165) is 35.9 Å². The van der Waals surface area contributed by atoms with Crippen molar-refractivity contribution in [3.8, 4) is 5.69 Å². The fourth-order valence-corrected chi connectivity index (χ4v) is 3.56. The van der Waals surface area contributed by atoms with Gasteiger partial charge in [-0.15, -0.1) is 0 Å². The predicted octanol–water partition coefficient (Wildman–Crippen LogP) is 2.85. The molecule has 0 saturated carbocycles. The van der Waals surface area contributed by atoms with Gasteiger partial charge in [0.05, 0.1) is 41.5 Å². The number of ether oxygens (including phenoxy) is 1. The monoisotopic (exact) mass is 356 g/mol. The van der Waals surface area contributed by atoms with E-state index in [9.17, 15) is 4.79 Å². The summed E-state index contributed by atoms with van der Waals surface area (Å²) in [6, 6.07) is 8.20. The van der Waals surface area contributed by atoms with Gasteiger partial charge in [-0.1, -0.05) is 17.7 Å². The van der Waals surface area contributed by atoms with Crippen LogP contribution in [0.5, 0.6) is 0 Å². The second kappa shape index (κ2) is 7.60. The van der Waals surface area contributed by atoms with Crippen molar-refractivity contribution in [1.29, 1.82) is 0 Å². The van der Waals surface area contributed by atoms with Crippen LogP contribution in [0.3, 0.4) is 0 Å². The van der Waals surface area contributed by atoms with Crippen LogP contribution in [0.1, 0.15) is 30.8 Å². The molecule has 3 rings (SSSR count). The van der Waals surface area contributed by atoms with Gasteiger partial charge in [-0.3, -0.25) is 9.69 Å². The van der Waals surface area contributed by atoms with Crippen LogP contribution in [0, 0.1) is 20.8 Å². The van der Waals surface area contributed by atoms with Gasteiger partial charge in [0.25, 0.3) is 0 Å². The molecule has 0 aliphatic carbocycles. The number of amides is 1. The Hall–Kier alpha value is -2.18. The minimum Gasteiger partial charge on any atom is -0.373 e. The SMILES string of the molecule is Cc1ccc(-n2nc(C)c(NC(=O)CN3C[C@@H](C)O[C@@H](C)C3)c2C)cc1. The van der Waals surface area contributed by atoms with E-state index in [-0.39, 0.29) is 18.1 Å². The summed E-state index contributed by atoms with van der Waals surface area (Å²) in [6.45, 7) is 12.0. The van der Waals surface area contributed by atoms with Gasteiger partial charge >= 0.3 is 0 Å². The number of hydrogen-bond acceptors (Lipinski definition) is 4. The maximum Gasteiger partial charge on any atom is 0.238 e. The van der Waals surface area contributed by atoms with Crippen LogP contribution >= 0.6 is 0 Å². The minimum atomic E-state index is -0.0130. The quantitative estimate of drug-likeness (QED) is 0.915. The summed E-state index contributed by atoms with van der Waals surface area (Å²) >= 11 is 0. The molecule has 140 valence electrons. The maximum absolute atomic E-state index is 12.6. The number of nitrogens with one attached hydrogen (secondary N) is 1. The molecule has 2 atom stereocenters. The zero-order chi connectivity index (χ0) is 18.8. The maximum atomic E-state index is 12.6. The van der Waals surface area contributed by atoms with E-state index in [0.29, 0.717) is 6.54 Å². The Bertz CT molecular complexity index is 772. The van der Waals surface area contributed by atoms with Crippen molar-refractivity contribution < 1.29 is 9.53 Å². The Morgan fingerprint density at radius 2 is 1.77 bits per heavy atom. The lowest BCUT2D eigenvalue weighted by atomic mass is 10.2. The van der Waals surface area contributed by atoms with Gasteiger partial charge in [-0.05, 0) is 46.8 Å². The zero-order valence-electron chi connectivity index (χ0n) is 16.2. The van der Waals surface area contributed by atoms with Crippen LogP contribution in [0.4, 0.5) is 5.69 Å². The van der Waals surface area contributed by atoms with Gasteiger partial charge in [0.15, 0.2) is 0 Å². The molecule has 2 aromatic rings. The summed E-state index contributed by atoms with van der Waals surface area (Å²) in [6.07, 6.45) is 0.304. The molecule has 0 unspecified atom stereocenters.